The van der Waals surface area contributed by atoms with Crippen molar-refractivity contribution in [2.75, 3.05) is 19.0 Å². The highest BCUT2D eigenvalue weighted by Gasteiger charge is 2.15. The lowest BCUT2D eigenvalue weighted by Crippen LogP contribution is -2.21. The van der Waals surface area contributed by atoms with Gasteiger partial charge in [-0.25, -0.2) is 9.78 Å². The summed E-state index contributed by atoms with van der Waals surface area (Å²) in [6.07, 6.45) is 0. The third kappa shape index (κ3) is 4.44. The molecule has 0 aliphatic rings. The Morgan fingerprint density at radius 2 is 1.79 bits per heavy atom. The van der Waals surface area contributed by atoms with Gasteiger partial charge < -0.3 is 15.4 Å². The van der Waals surface area contributed by atoms with E-state index in [1.807, 2.05) is 0 Å². The number of fused-ring (bicyclic) bond motifs is 1. The number of hydrogen-bond donors (Lipinski definition) is 2. The van der Waals surface area contributed by atoms with Crippen molar-refractivity contribution in [1.82, 2.24) is 10.3 Å². The number of hydrogen-bond acceptors (Lipinski definition) is 5. The summed E-state index contributed by atoms with van der Waals surface area (Å²) < 4.78 is 5.10. The van der Waals surface area contributed by atoms with E-state index in [0.29, 0.717) is 22.2 Å². The molecule has 0 radical (unpaired) electrons. The molecule has 7 nitrogen and oxygen atoms in total. The van der Waals surface area contributed by atoms with Crippen LogP contribution in [0, 0.1) is 0 Å². The first-order valence-corrected chi connectivity index (χ1v) is 8.70. The van der Waals surface area contributed by atoms with E-state index in [2.05, 4.69) is 15.6 Å². The monoisotopic (exact) mass is 397 g/mol. The molecule has 28 heavy (non-hydrogen) atoms. The lowest BCUT2D eigenvalue weighted by Gasteiger charge is -2.09. The maximum Gasteiger partial charge on any atom is 0.339 e. The van der Waals surface area contributed by atoms with E-state index < -0.39 is 18.5 Å². The summed E-state index contributed by atoms with van der Waals surface area (Å²) in [5.74, 6) is -1.41. The van der Waals surface area contributed by atoms with E-state index in [-0.39, 0.29) is 16.6 Å². The first-order chi connectivity index (χ1) is 13.5. The summed E-state index contributed by atoms with van der Waals surface area (Å²) in [5.41, 5.74) is 1.74. The molecule has 3 rings (SSSR count). The highest BCUT2D eigenvalue weighted by atomic mass is 35.5. The summed E-state index contributed by atoms with van der Waals surface area (Å²) in [5, 5.41) is 5.85. The van der Waals surface area contributed by atoms with Crippen LogP contribution < -0.4 is 10.6 Å². The zero-order chi connectivity index (χ0) is 20.1. The van der Waals surface area contributed by atoms with Crippen molar-refractivity contribution < 1.29 is 19.1 Å². The molecule has 0 atom stereocenters. The third-order valence-corrected chi connectivity index (χ3v) is 4.09. The Balaban J connectivity index is 1.63. The number of nitrogens with one attached hydrogen (secondary N) is 2. The summed E-state index contributed by atoms with van der Waals surface area (Å²) in [6, 6.07) is 14.7. The standard InChI is InChI=1S/C20H16ClN3O4/c1-22-19(26)12-6-8-13(9-7-12)23-18(25)11-28-20(27)15-10-17(21)24-16-5-3-2-4-14(15)16/h2-10H,11H2,1H3,(H,22,26)(H,23,25). The number of nitrogens with zero attached hydrogens (tertiary/aromatic N) is 1. The van der Waals surface area contributed by atoms with Crippen LogP contribution in [0.4, 0.5) is 5.69 Å². The van der Waals surface area contributed by atoms with Gasteiger partial charge in [0.1, 0.15) is 5.15 Å². The summed E-state index contributed by atoms with van der Waals surface area (Å²) >= 11 is 5.96. The van der Waals surface area contributed by atoms with Gasteiger partial charge in [0.15, 0.2) is 6.61 Å². The van der Waals surface area contributed by atoms with Crippen molar-refractivity contribution in [3.8, 4) is 0 Å². The van der Waals surface area contributed by atoms with Gasteiger partial charge in [-0.1, -0.05) is 29.8 Å². The maximum absolute atomic E-state index is 12.4. The number of anilines is 1. The van der Waals surface area contributed by atoms with Crippen LogP contribution in [0.2, 0.25) is 5.15 Å². The fourth-order valence-electron chi connectivity index (χ4n) is 2.57. The van der Waals surface area contributed by atoms with E-state index in [4.69, 9.17) is 16.3 Å². The van der Waals surface area contributed by atoms with Crippen LogP contribution in [-0.4, -0.2) is 36.4 Å². The van der Waals surface area contributed by atoms with Crippen LogP contribution in [0.15, 0.2) is 54.6 Å². The normalized spacial score (nSPS) is 10.4. The first-order valence-electron chi connectivity index (χ1n) is 8.32. The van der Waals surface area contributed by atoms with Gasteiger partial charge in [0.05, 0.1) is 11.1 Å². The Hall–Kier alpha value is -3.45. The predicted molar refractivity (Wildman–Crippen MR) is 105 cm³/mol. The fourth-order valence-corrected chi connectivity index (χ4v) is 2.77. The van der Waals surface area contributed by atoms with Gasteiger partial charge in [-0.15, -0.1) is 0 Å². The number of esters is 1. The Kier molecular flexibility index (Phi) is 5.86. The topological polar surface area (TPSA) is 97.4 Å². The van der Waals surface area contributed by atoms with E-state index in [1.165, 1.54) is 13.1 Å². The van der Waals surface area contributed by atoms with Crippen LogP contribution in [0.1, 0.15) is 20.7 Å². The maximum atomic E-state index is 12.4. The van der Waals surface area contributed by atoms with Crippen LogP contribution in [0.5, 0.6) is 0 Å². The Morgan fingerprint density at radius 3 is 2.50 bits per heavy atom. The number of rotatable bonds is 5. The molecule has 0 spiro atoms. The van der Waals surface area contributed by atoms with Gasteiger partial charge in [-0.2, -0.15) is 0 Å². The van der Waals surface area contributed by atoms with Crippen LogP contribution >= 0.6 is 11.6 Å². The number of pyridine rings is 1. The Labute approximate surface area is 165 Å². The largest absolute Gasteiger partial charge is 0.452 e. The van der Waals surface area contributed by atoms with Crippen molar-refractivity contribution in [1.29, 1.82) is 0 Å². The molecule has 0 aliphatic carbocycles. The molecule has 2 aromatic carbocycles. The molecule has 2 N–H and O–H groups in total. The molecule has 0 unspecified atom stereocenters. The molecule has 2 amide bonds. The second-order valence-electron chi connectivity index (χ2n) is 5.79. The molecular weight excluding hydrogens is 382 g/mol. The minimum absolute atomic E-state index is 0.159. The summed E-state index contributed by atoms with van der Waals surface area (Å²) in [4.78, 5) is 40.1. The number of halogens is 1. The molecule has 0 saturated heterocycles. The fraction of sp³-hybridized carbons (Fsp3) is 0.100. The predicted octanol–water partition coefficient (Wildman–Crippen LogP) is 3.04. The number of ether oxygens (including phenoxy) is 1. The number of amides is 2. The molecule has 3 aromatic rings. The molecule has 0 bridgehead atoms. The zero-order valence-corrected chi connectivity index (χ0v) is 15.6. The van der Waals surface area contributed by atoms with Gasteiger partial charge in [-0.05, 0) is 36.4 Å². The van der Waals surface area contributed by atoms with Crippen molar-refractivity contribution in [2.45, 2.75) is 0 Å². The molecule has 8 heteroatoms. The molecular formula is C20H16ClN3O4. The number of benzene rings is 2. The molecule has 0 saturated carbocycles. The number of carbonyl (C=O) groups is 3. The Morgan fingerprint density at radius 1 is 1.07 bits per heavy atom. The average Bonchev–Trinajstić information content (AvgIpc) is 2.71. The van der Waals surface area contributed by atoms with E-state index in [9.17, 15) is 14.4 Å². The average molecular weight is 398 g/mol. The quantitative estimate of drug-likeness (QED) is 0.509. The van der Waals surface area contributed by atoms with E-state index in [1.54, 1.807) is 48.5 Å². The molecule has 1 aromatic heterocycles. The zero-order valence-electron chi connectivity index (χ0n) is 14.9. The van der Waals surface area contributed by atoms with Crippen LogP contribution in [0.25, 0.3) is 10.9 Å². The van der Waals surface area contributed by atoms with Gasteiger partial charge in [0.25, 0.3) is 11.8 Å². The van der Waals surface area contributed by atoms with Crippen molar-refractivity contribution >= 4 is 46.0 Å². The number of aromatic nitrogens is 1. The van der Waals surface area contributed by atoms with Gasteiger partial charge in [0.2, 0.25) is 0 Å². The summed E-state index contributed by atoms with van der Waals surface area (Å²) in [7, 11) is 1.53. The van der Waals surface area contributed by atoms with Crippen LogP contribution in [-0.2, 0) is 9.53 Å². The Bertz CT molecular complexity index is 1050. The lowest BCUT2D eigenvalue weighted by molar-refractivity contribution is -0.119. The number of para-hydroxylation sites is 1. The minimum atomic E-state index is -0.675. The van der Waals surface area contributed by atoms with E-state index >= 15 is 0 Å². The molecule has 0 fully saturated rings. The molecule has 1 heterocycles. The third-order valence-electron chi connectivity index (χ3n) is 3.90. The van der Waals surface area contributed by atoms with Gasteiger partial charge in [-0.3, -0.25) is 9.59 Å². The first kappa shape index (κ1) is 19.3. The smallest absolute Gasteiger partial charge is 0.339 e. The van der Waals surface area contributed by atoms with Gasteiger partial charge in [0, 0.05) is 23.7 Å². The van der Waals surface area contributed by atoms with Crippen molar-refractivity contribution in [3.05, 3.63) is 70.9 Å². The number of carbonyl (C=O) groups excluding carboxylic acids is 3. The molecule has 0 aliphatic heterocycles. The summed E-state index contributed by atoms with van der Waals surface area (Å²) in [6.45, 7) is -0.468. The van der Waals surface area contributed by atoms with Crippen molar-refractivity contribution in [2.24, 2.45) is 0 Å². The highest BCUT2D eigenvalue weighted by molar-refractivity contribution is 6.30. The minimum Gasteiger partial charge on any atom is -0.452 e. The SMILES string of the molecule is CNC(=O)c1ccc(NC(=O)COC(=O)c2cc(Cl)nc3ccccc23)cc1. The highest BCUT2D eigenvalue weighted by Crippen LogP contribution is 2.21. The van der Waals surface area contributed by atoms with E-state index in [0.717, 1.165) is 0 Å². The van der Waals surface area contributed by atoms with Crippen LogP contribution in [0.3, 0.4) is 0 Å². The van der Waals surface area contributed by atoms with Crippen molar-refractivity contribution in [3.63, 3.8) is 0 Å². The molecule has 142 valence electrons. The second kappa shape index (κ2) is 8.49. The lowest BCUT2D eigenvalue weighted by atomic mass is 10.1. The van der Waals surface area contributed by atoms with Gasteiger partial charge >= 0.3 is 5.97 Å². The second-order valence-corrected chi connectivity index (χ2v) is 6.18.